The zero-order valence-electron chi connectivity index (χ0n) is 21.7. The monoisotopic (exact) mass is 554 g/mol. The molecule has 1 saturated heterocycles. The summed E-state index contributed by atoms with van der Waals surface area (Å²) in [6.07, 6.45) is 1.68. The molecule has 0 bridgehead atoms. The van der Waals surface area contributed by atoms with E-state index in [2.05, 4.69) is 4.90 Å². The van der Waals surface area contributed by atoms with Crippen LogP contribution >= 0.6 is 7.60 Å². The second-order valence-electron chi connectivity index (χ2n) is 10.2. The molecule has 12 nitrogen and oxygen atoms in total. The highest BCUT2D eigenvalue weighted by molar-refractivity contribution is 7.51. The molecule has 1 aromatic carbocycles. The van der Waals surface area contributed by atoms with Gasteiger partial charge in [0.25, 0.3) is 0 Å². The lowest BCUT2D eigenvalue weighted by Crippen LogP contribution is -2.48. The van der Waals surface area contributed by atoms with E-state index < -0.39 is 25.8 Å². The number of carbonyl (C=O) groups is 3. The van der Waals surface area contributed by atoms with Crippen molar-refractivity contribution in [2.75, 3.05) is 78.3 Å². The Bertz CT molecular complexity index is 987. The van der Waals surface area contributed by atoms with E-state index in [1.807, 2.05) is 24.3 Å². The lowest BCUT2D eigenvalue weighted by atomic mass is 9.92. The molecule has 0 saturated carbocycles. The van der Waals surface area contributed by atoms with Gasteiger partial charge in [-0.2, -0.15) is 0 Å². The summed E-state index contributed by atoms with van der Waals surface area (Å²) in [5.74, 6) is -1.68. The Labute approximate surface area is 223 Å². The van der Waals surface area contributed by atoms with Gasteiger partial charge in [0.1, 0.15) is 6.29 Å². The maximum Gasteiger partial charge on any atom is 0.339 e. The normalized spacial score (nSPS) is 22.2. The maximum atomic E-state index is 12.6. The van der Waals surface area contributed by atoms with Crippen LogP contribution in [0.4, 0.5) is 0 Å². The fraction of sp³-hybridized carbons (Fsp3) is 0.640. The highest BCUT2D eigenvalue weighted by Gasteiger charge is 2.27. The molecule has 2 aliphatic rings. The second-order valence-corrected chi connectivity index (χ2v) is 11.8. The van der Waals surface area contributed by atoms with Gasteiger partial charge in [-0.15, -0.1) is 0 Å². The number of nitrogens with zero attached hydrogens (tertiary/aromatic N) is 4. The maximum absolute atomic E-state index is 12.6. The van der Waals surface area contributed by atoms with E-state index in [1.165, 1.54) is 0 Å². The van der Waals surface area contributed by atoms with Crippen molar-refractivity contribution in [1.29, 1.82) is 0 Å². The minimum absolute atomic E-state index is 0.130. The molecule has 0 aromatic heterocycles. The van der Waals surface area contributed by atoms with Crippen LogP contribution in [0.3, 0.4) is 0 Å². The predicted molar refractivity (Wildman–Crippen MR) is 140 cm³/mol. The average Bonchev–Trinajstić information content (AvgIpc) is 2.98. The molecule has 0 amide bonds. The number of ketones is 1. The Morgan fingerprint density at radius 1 is 0.816 bits per heavy atom. The average molecular weight is 555 g/mol. The summed E-state index contributed by atoms with van der Waals surface area (Å²) in [6, 6.07) is 7.69. The quantitative estimate of drug-likeness (QED) is 0.263. The standard InChI is InChI=1S/C25H39N4O8P/c30-23-7-3-4-20(21-5-1-2-6-22(21)23)16-26-8-10-27(17-24(31)32)12-14-29(19-38(35,36)37)15-13-28(11-9-26)18-25(33)34/h1-2,5-6,20H,3-4,7-19H2,(H,31,32)(H,33,34)(H2,35,36,37). The Balaban J connectivity index is 1.80. The summed E-state index contributed by atoms with van der Waals surface area (Å²) < 4.78 is 11.7. The molecule has 212 valence electrons. The van der Waals surface area contributed by atoms with E-state index in [0.717, 1.165) is 24.0 Å². The molecule has 1 aliphatic carbocycles. The van der Waals surface area contributed by atoms with E-state index in [0.29, 0.717) is 52.2 Å². The molecular formula is C25H39N4O8P. The number of hydrogen-bond donors (Lipinski definition) is 4. The number of benzene rings is 1. The Morgan fingerprint density at radius 3 is 1.84 bits per heavy atom. The van der Waals surface area contributed by atoms with Crippen LogP contribution in [-0.4, -0.2) is 136 Å². The van der Waals surface area contributed by atoms with Crippen molar-refractivity contribution >= 4 is 25.3 Å². The lowest BCUT2D eigenvalue weighted by Gasteiger charge is -2.34. The van der Waals surface area contributed by atoms with E-state index >= 15 is 0 Å². The zero-order valence-corrected chi connectivity index (χ0v) is 22.5. The first-order chi connectivity index (χ1) is 18.0. The van der Waals surface area contributed by atoms with Gasteiger partial charge in [0.2, 0.25) is 0 Å². The van der Waals surface area contributed by atoms with Crippen LogP contribution in [-0.2, 0) is 14.2 Å². The number of carboxylic acid groups (broad SMARTS) is 2. The number of Topliss-reactive ketones (excluding diaryl/α,β-unsaturated/α-hetero) is 1. The summed E-state index contributed by atoms with van der Waals surface area (Å²) in [4.78, 5) is 62.0. The Kier molecular flexibility index (Phi) is 11.4. The fourth-order valence-corrected chi connectivity index (χ4v) is 6.07. The molecule has 1 unspecified atom stereocenters. The largest absolute Gasteiger partial charge is 0.480 e. The van der Waals surface area contributed by atoms with Crippen LogP contribution < -0.4 is 0 Å². The third-order valence-electron chi connectivity index (χ3n) is 7.17. The molecular weight excluding hydrogens is 515 g/mol. The van der Waals surface area contributed by atoms with Gasteiger partial charge in [-0.1, -0.05) is 24.3 Å². The highest BCUT2D eigenvalue weighted by Crippen LogP contribution is 2.35. The van der Waals surface area contributed by atoms with E-state index in [1.54, 1.807) is 14.7 Å². The van der Waals surface area contributed by atoms with Crippen molar-refractivity contribution in [1.82, 2.24) is 19.6 Å². The molecule has 38 heavy (non-hydrogen) atoms. The van der Waals surface area contributed by atoms with Gasteiger partial charge < -0.3 is 24.9 Å². The molecule has 0 spiro atoms. The number of carboxylic acids is 2. The summed E-state index contributed by atoms with van der Waals surface area (Å²) in [6.45, 7) is 3.33. The summed E-state index contributed by atoms with van der Waals surface area (Å²) >= 11 is 0. The molecule has 4 N–H and O–H groups in total. The Hall–Kier alpha value is -2.18. The van der Waals surface area contributed by atoms with Crippen molar-refractivity contribution in [2.45, 2.75) is 25.2 Å². The molecule has 1 aromatic rings. The topological polar surface area (TPSA) is 162 Å². The van der Waals surface area contributed by atoms with Gasteiger partial charge in [-0.3, -0.25) is 33.6 Å². The fourth-order valence-electron chi connectivity index (χ4n) is 5.27. The molecule has 1 heterocycles. The van der Waals surface area contributed by atoms with Gasteiger partial charge in [0, 0.05) is 70.9 Å². The van der Waals surface area contributed by atoms with Gasteiger partial charge in [0.15, 0.2) is 5.78 Å². The molecule has 13 heteroatoms. The van der Waals surface area contributed by atoms with Crippen molar-refractivity contribution in [3.05, 3.63) is 35.4 Å². The number of rotatable bonds is 8. The SMILES string of the molecule is O=C(O)CN1CCN(CC2CCCC(=O)c3ccccc32)CCN(CC(=O)O)CCN(CP(=O)(O)O)CC1. The predicted octanol–water partition coefficient (Wildman–Crippen LogP) is 0.663. The van der Waals surface area contributed by atoms with Crippen LogP contribution in [0, 0.1) is 0 Å². The molecule has 1 atom stereocenters. The first-order valence-corrected chi connectivity index (χ1v) is 14.8. The smallest absolute Gasteiger partial charge is 0.339 e. The van der Waals surface area contributed by atoms with Gasteiger partial charge in [-0.25, -0.2) is 0 Å². The van der Waals surface area contributed by atoms with Crippen molar-refractivity contribution in [3.8, 4) is 0 Å². The highest BCUT2D eigenvalue weighted by atomic mass is 31.2. The molecule has 1 fully saturated rings. The summed E-state index contributed by atoms with van der Waals surface area (Å²) in [7, 11) is -4.35. The van der Waals surface area contributed by atoms with E-state index in [9.17, 15) is 38.9 Å². The van der Waals surface area contributed by atoms with E-state index in [-0.39, 0.29) is 37.9 Å². The number of fused-ring (bicyclic) bond motifs is 1. The van der Waals surface area contributed by atoms with Gasteiger partial charge >= 0.3 is 19.5 Å². The second kappa shape index (κ2) is 14.3. The minimum atomic E-state index is -4.35. The Morgan fingerprint density at radius 2 is 1.32 bits per heavy atom. The number of carbonyl (C=O) groups excluding carboxylic acids is 1. The van der Waals surface area contributed by atoms with Crippen LogP contribution in [0.15, 0.2) is 24.3 Å². The van der Waals surface area contributed by atoms with Crippen molar-refractivity contribution < 1.29 is 38.9 Å². The van der Waals surface area contributed by atoms with Crippen LogP contribution in [0.25, 0.3) is 0 Å². The summed E-state index contributed by atoms with van der Waals surface area (Å²) in [5, 5.41) is 18.9. The third-order valence-corrected chi connectivity index (χ3v) is 7.94. The van der Waals surface area contributed by atoms with Crippen molar-refractivity contribution in [3.63, 3.8) is 0 Å². The first-order valence-electron chi connectivity index (χ1n) is 13.0. The van der Waals surface area contributed by atoms with Gasteiger partial charge in [-0.05, 0) is 24.3 Å². The number of aliphatic carboxylic acids is 2. The van der Waals surface area contributed by atoms with E-state index in [4.69, 9.17) is 0 Å². The molecule has 1 aliphatic heterocycles. The van der Waals surface area contributed by atoms with Crippen LogP contribution in [0.2, 0.25) is 0 Å². The van der Waals surface area contributed by atoms with Crippen LogP contribution in [0.5, 0.6) is 0 Å². The van der Waals surface area contributed by atoms with Crippen LogP contribution in [0.1, 0.15) is 41.1 Å². The van der Waals surface area contributed by atoms with Gasteiger partial charge in [0.05, 0.1) is 13.1 Å². The molecule has 3 rings (SSSR count). The zero-order chi connectivity index (χ0) is 27.7. The minimum Gasteiger partial charge on any atom is -0.480 e. The first kappa shape index (κ1) is 30.4. The molecule has 0 radical (unpaired) electrons. The lowest BCUT2D eigenvalue weighted by molar-refractivity contribution is -0.139. The number of hydrogen-bond acceptors (Lipinski definition) is 8. The third kappa shape index (κ3) is 10.2. The summed E-state index contributed by atoms with van der Waals surface area (Å²) in [5.41, 5.74) is 1.79. The van der Waals surface area contributed by atoms with Crippen molar-refractivity contribution in [2.24, 2.45) is 0 Å².